The van der Waals surface area contributed by atoms with Gasteiger partial charge in [0, 0.05) is 16.6 Å². The Labute approximate surface area is 120 Å². The van der Waals surface area contributed by atoms with Crippen LogP contribution in [0.4, 0.5) is 0 Å². The predicted molar refractivity (Wildman–Crippen MR) is 79.6 cm³/mol. The lowest BCUT2D eigenvalue weighted by Gasteiger charge is -2.37. The first-order valence-corrected chi connectivity index (χ1v) is 7.49. The molecule has 100 valence electrons. The Morgan fingerprint density at radius 2 is 1.89 bits per heavy atom. The molecule has 1 aliphatic carbocycles. The summed E-state index contributed by atoms with van der Waals surface area (Å²) in [5, 5.41) is 4.99. The van der Waals surface area contributed by atoms with Crippen molar-refractivity contribution in [3.05, 3.63) is 33.8 Å². The van der Waals surface area contributed by atoms with Gasteiger partial charge in [0.05, 0.1) is 0 Å². The minimum Gasteiger partial charge on any atom is -0.319 e. The topological polar surface area (TPSA) is 12.0 Å². The van der Waals surface area contributed by atoms with Gasteiger partial charge in [-0.3, -0.25) is 0 Å². The van der Waals surface area contributed by atoms with E-state index in [-0.39, 0.29) is 0 Å². The molecule has 0 heterocycles. The van der Waals surface area contributed by atoms with Gasteiger partial charge in [-0.15, -0.1) is 0 Å². The minimum atomic E-state index is 0.362. The zero-order chi connectivity index (χ0) is 13.0. The molecular formula is C15H21Cl2N. The van der Waals surface area contributed by atoms with Crippen molar-refractivity contribution in [2.75, 3.05) is 13.6 Å². The standard InChI is InChI=1S/C15H21Cl2N/c1-18-11-15(7-3-2-4-8-15)10-12-9-13(16)5-6-14(12)17/h5-6,9,18H,2-4,7-8,10-11H2,1H3. The van der Waals surface area contributed by atoms with Crippen LogP contribution < -0.4 is 5.32 Å². The van der Waals surface area contributed by atoms with Gasteiger partial charge in [0.1, 0.15) is 0 Å². The van der Waals surface area contributed by atoms with E-state index >= 15 is 0 Å². The number of hydrogen-bond acceptors (Lipinski definition) is 1. The summed E-state index contributed by atoms with van der Waals surface area (Å²) in [5.41, 5.74) is 1.56. The molecule has 0 amide bonds. The highest BCUT2D eigenvalue weighted by molar-refractivity contribution is 6.33. The highest BCUT2D eigenvalue weighted by Crippen LogP contribution is 2.40. The summed E-state index contributed by atoms with van der Waals surface area (Å²) in [6, 6.07) is 5.80. The van der Waals surface area contributed by atoms with E-state index in [0.717, 1.165) is 23.0 Å². The average molecular weight is 286 g/mol. The summed E-state index contributed by atoms with van der Waals surface area (Å²) in [4.78, 5) is 0. The Morgan fingerprint density at radius 3 is 2.56 bits per heavy atom. The number of nitrogens with one attached hydrogen (secondary N) is 1. The monoisotopic (exact) mass is 285 g/mol. The Hall–Kier alpha value is -0.240. The normalized spacial score (nSPS) is 18.8. The lowest BCUT2D eigenvalue weighted by atomic mass is 9.70. The van der Waals surface area contributed by atoms with Gasteiger partial charge < -0.3 is 5.32 Å². The van der Waals surface area contributed by atoms with Crippen molar-refractivity contribution >= 4 is 23.2 Å². The smallest absolute Gasteiger partial charge is 0.0439 e. The minimum absolute atomic E-state index is 0.362. The van der Waals surface area contributed by atoms with Crippen LogP contribution in [0.1, 0.15) is 37.7 Å². The van der Waals surface area contributed by atoms with Crippen LogP contribution in [0.15, 0.2) is 18.2 Å². The summed E-state index contributed by atoms with van der Waals surface area (Å²) in [7, 11) is 2.04. The highest BCUT2D eigenvalue weighted by Gasteiger charge is 2.32. The number of halogens is 2. The molecule has 0 atom stereocenters. The Bertz CT molecular complexity index is 392. The van der Waals surface area contributed by atoms with E-state index in [4.69, 9.17) is 23.2 Å². The van der Waals surface area contributed by atoms with Gasteiger partial charge in [0.15, 0.2) is 0 Å². The van der Waals surface area contributed by atoms with Crippen molar-refractivity contribution in [2.24, 2.45) is 5.41 Å². The van der Waals surface area contributed by atoms with Crippen LogP contribution in [0.5, 0.6) is 0 Å². The Balaban J connectivity index is 2.19. The molecule has 1 fully saturated rings. The first-order valence-electron chi connectivity index (χ1n) is 6.74. The summed E-state index contributed by atoms with van der Waals surface area (Å²) in [5.74, 6) is 0. The second kappa shape index (κ2) is 6.27. The van der Waals surface area contributed by atoms with Crippen LogP contribution >= 0.6 is 23.2 Å². The zero-order valence-corrected chi connectivity index (χ0v) is 12.4. The second-order valence-corrected chi connectivity index (χ2v) is 6.35. The average Bonchev–Trinajstić information content (AvgIpc) is 2.35. The molecule has 0 bridgehead atoms. The zero-order valence-electron chi connectivity index (χ0n) is 10.9. The third kappa shape index (κ3) is 3.40. The highest BCUT2D eigenvalue weighted by atomic mass is 35.5. The fourth-order valence-corrected chi connectivity index (χ4v) is 3.55. The van der Waals surface area contributed by atoms with E-state index in [9.17, 15) is 0 Å². The fourth-order valence-electron chi connectivity index (χ4n) is 3.18. The van der Waals surface area contributed by atoms with Crippen molar-refractivity contribution in [1.29, 1.82) is 0 Å². The second-order valence-electron chi connectivity index (χ2n) is 5.50. The van der Waals surface area contributed by atoms with Gasteiger partial charge in [0.2, 0.25) is 0 Å². The molecule has 1 aliphatic rings. The van der Waals surface area contributed by atoms with Crippen molar-refractivity contribution in [3.8, 4) is 0 Å². The van der Waals surface area contributed by atoms with Gasteiger partial charge in [-0.2, -0.15) is 0 Å². The number of benzene rings is 1. The van der Waals surface area contributed by atoms with E-state index in [1.165, 1.54) is 37.7 Å². The molecule has 2 rings (SSSR count). The van der Waals surface area contributed by atoms with Crippen molar-refractivity contribution in [2.45, 2.75) is 38.5 Å². The van der Waals surface area contributed by atoms with Crippen LogP contribution in [0, 0.1) is 5.41 Å². The molecule has 1 saturated carbocycles. The van der Waals surface area contributed by atoms with Gasteiger partial charge in [-0.1, -0.05) is 42.5 Å². The Kier molecular flexibility index (Phi) is 4.94. The molecule has 18 heavy (non-hydrogen) atoms. The van der Waals surface area contributed by atoms with Crippen molar-refractivity contribution in [3.63, 3.8) is 0 Å². The maximum Gasteiger partial charge on any atom is 0.0439 e. The molecule has 3 heteroatoms. The molecule has 1 aromatic rings. The molecule has 0 aliphatic heterocycles. The van der Waals surface area contributed by atoms with E-state index in [1.54, 1.807) is 0 Å². The van der Waals surface area contributed by atoms with E-state index in [2.05, 4.69) is 5.32 Å². The summed E-state index contributed by atoms with van der Waals surface area (Å²) < 4.78 is 0. The van der Waals surface area contributed by atoms with Crippen LogP contribution in [-0.2, 0) is 6.42 Å². The third-order valence-electron chi connectivity index (χ3n) is 4.04. The fraction of sp³-hybridized carbons (Fsp3) is 0.600. The maximum atomic E-state index is 6.30. The number of hydrogen-bond donors (Lipinski definition) is 1. The molecule has 0 unspecified atom stereocenters. The summed E-state index contributed by atoms with van der Waals surface area (Å²) >= 11 is 12.4. The van der Waals surface area contributed by atoms with E-state index in [1.807, 2.05) is 25.2 Å². The molecule has 0 saturated heterocycles. The lowest BCUT2D eigenvalue weighted by molar-refractivity contribution is 0.185. The molecule has 1 nitrogen and oxygen atoms in total. The lowest BCUT2D eigenvalue weighted by Crippen LogP contribution is -2.36. The van der Waals surface area contributed by atoms with Crippen LogP contribution in [-0.4, -0.2) is 13.6 Å². The van der Waals surface area contributed by atoms with Crippen LogP contribution in [0.25, 0.3) is 0 Å². The molecule has 0 radical (unpaired) electrons. The van der Waals surface area contributed by atoms with E-state index in [0.29, 0.717) is 5.41 Å². The quantitative estimate of drug-likeness (QED) is 0.845. The summed E-state index contributed by atoms with van der Waals surface area (Å²) in [6.07, 6.45) is 7.65. The SMILES string of the molecule is CNCC1(Cc2cc(Cl)ccc2Cl)CCCCC1. The van der Waals surface area contributed by atoms with Gasteiger partial charge in [0.25, 0.3) is 0 Å². The maximum absolute atomic E-state index is 6.30. The molecule has 0 aromatic heterocycles. The van der Waals surface area contributed by atoms with Gasteiger partial charge in [-0.25, -0.2) is 0 Å². The summed E-state index contributed by atoms with van der Waals surface area (Å²) in [6.45, 7) is 1.07. The van der Waals surface area contributed by atoms with Crippen molar-refractivity contribution in [1.82, 2.24) is 5.32 Å². The van der Waals surface area contributed by atoms with E-state index < -0.39 is 0 Å². The van der Waals surface area contributed by atoms with Crippen LogP contribution in [0.3, 0.4) is 0 Å². The number of rotatable bonds is 4. The first kappa shape index (κ1) is 14.2. The van der Waals surface area contributed by atoms with Gasteiger partial charge >= 0.3 is 0 Å². The van der Waals surface area contributed by atoms with Crippen LogP contribution in [0.2, 0.25) is 10.0 Å². The van der Waals surface area contributed by atoms with Crippen molar-refractivity contribution < 1.29 is 0 Å². The third-order valence-corrected chi connectivity index (χ3v) is 4.64. The predicted octanol–water partition coefficient (Wildman–Crippen LogP) is 4.71. The Morgan fingerprint density at radius 1 is 1.17 bits per heavy atom. The molecule has 1 N–H and O–H groups in total. The largest absolute Gasteiger partial charge is 0.319 e. The van der Waals surface area contributed by atoms with Gasteiger partial charge in [-0.05, 0) is 55.5 Å². The molecule has 1 aromatic carbocycles. The molecular weight excluding hydrogens is 265 g/mol. The molecule has 0 spiro atoms. The first-order chi connectivity index (χ1) is 8.65.